The Hall–Kier alpha value is -1.25. The molecule has 0 aromatic rings. The van der Waals surface area contributed by atoms with E-state index in [1.165, 1.54) is 0 Å². The summed E-state index contributed by atoms with van der Waals surface area (Å²) in [6.07, 6.45) is 3.89. The molecule has 1 rings (SSSR count). The molecule has 3 nitrogen and oxygen atoms in total. The van der Waals surface area contributed by atoms with Gasteiger partial charge in [-0.05, 0) is 12.8 Å². The maximum atomic E-state index is 11.5. The third-order valence-corrected chi connectivity index (χ3v) is 2.46. The van der Waals surface area contributed by atoms with Gasteiger partial charge in [0.15, 0.2) is 12.1 Å². The van der Waals surface area contributed by atoms with Gasteiger partial charge in [-0.15, -0.1) is 6.58 Å². The minimum Gasteiger partial charge on any atom is -0.298 e. The van der Waals surface area contributed by atoms with Crippen LogP contribution in [0, 0.1) is 11.8 Å². The van der Waals surface area contributed by atoms with E-state index in [0.29, 0.717) is 6.42 Å². The number of aldehydes is 1. The highest BCUT2D eigenvalue weighted by molar-refractivity contribution is 6.31. The maximum Gasteiger partial charge on any atom is 0.205 e. The van der Waals surface area contributed by atoms with E-state index < -0.39 is 11.7 Å². The lowest BCUT2D eigenvalue weighted by atomic mass is 9.78. The molecule has 0 heterocycles. The molecular formula is C10H12O3. The van der Waals surface area contributed by atoms with Crippen LogP contribution in [0.2, 0.25) is 0 Å². The predicted molar refractivity (Wildman–Crippen MR) is 47.1 cm³/mol. The van der Waals surface area contributed by atoms with Gasteiger partial charge >= 0.3 is 0 Å². The van der Waals surface area contributed by atoms with Crippen LogP contribution < -0.4 is 0 Å². The van der Waals surface area contributed by atoms with Crippen molar-refractivity contribution in [2.75, 3.05) is 0 Å². The molecule has 0 saturated heterocycles. The summed E-state index contributed by atoms with van der Waals surface area (Å²) in [4.78, 5) is 32.7. The summed E-state index contributed by atoms with van der Waals surface area (Å²) in [5.74, 6) is -1.66. The number of Topliss-reactive ketones (excluding diaryl/α,β-unsaturated/α-hetero) is 2. The quantitative estimate of drug-likeness (QED) is 0.281. The second-order valence-corrected chi connectivity index (χ2v) is 3.25. The van der Waals surface area contributed by atoms with Crippen LogP contribution >= 0.6 is 0 Å². The van der Waals surface area contributed by atoms with Gasteiger partial charge in [-0.1, -0.05) is 12.5 Å². The van der Waals surface area contributed by atoms with Crippen LogP contribution in [0.3, 0.4) is 0 Å². The first-order valence-electron chi connectivity index (χ1n) is 4.36. The van der Waals surface area contributed by atoms with E-state index in [4.69, 9.17) is 0 Å². The lowest BCUT2D eigenvalue weighted by Gasteiger charge is -2.23. The lowest BCUT2D eigenvalue weighted by molar-refractivity contribution is -0.140. The van der Waals surface area contributed by atoms with Crippen molar-refractivity contribution in [3.63, 3.8) is 0 Å². The van der Waals surface area contributed by atoms with Gasteiger partial charge in [0.25, 0.3) is 0 Å². The van der Waals surface area contributed by atoms with Crippen molar-refractivity contribution in [3.8, 4) is 0 Å². The van der Waals surface area contributed by atoms with Gasteiger partial charge in [-0.25, -0.2) is 0 Å². The molecule has 0 aliphatic heterocycles. The Morgan fingerprint density at radius 2 is 2.15 bits per heavy atom. The van der Waals surface area contributed by atoms with Gasteiger partial charge in [0.1, 0.15) is 0 Å². The van der Waals surface area contributed by atoms with E-state index in [0.717, 1.165) is 12.8 Å². The van der Waals surface area contributed by atoms with Crippen molar-refractivity contribution < 1.29 is 14.4 Å². The molecular weight excluding hydrogens is 168 g/mol. The van der Waals surface area contributed by atoms with Crippen molar-refractivity contribution in [3.05, 3.63) is 12.7 Å². The number of hydrogen-bond donors (Lipinski definition) is 0. The summed E-state index contributed by atoms with van der Waals surface area (Å²) in [6, 6.07) is 0. The minimum absolute atomic E-state index is 0.140. The van der Waals surface area contributed by atoms with Gasteiger partial charge in [0.05, 0.1) is 5.92 Å². The zero-order valence-electron chi connectivity index (χ0n) is 7.36. The summed E-state index contributed by atoms with van der Waals surface area (Å²) in [5.41, 5.74) is 0. The van der Waals surface area contributed by atoms with Crippen LogP contribution in [-0.4, -0.2) is 17.9 Å². The van der Waals surface area contributed by atoms with E-state index >= 15 is 0 Å². The Labute approximate surface area is 76.8 Å². The molecule has 1 aliphatic rings. The van der Waals surface area contributed by atoms with Gasteiger partial charge in [0, 0.05) is 5.92 Å². The fraction of sp³-hybridized carbons (Fsp3) is 0.500. The molecule has 0 spiro atoms. The number of carbonyl (C=O) groups excluding carboxylic acids is 3. The van der Waals surface area contributed by atoms with E-state index in [-0.39, 0.29) is 18.0 Å². The largest absolute Gasteiger partial charge is 0.298 e. The summed E-state index contributed by atoms with van der Waals surface area (Å²) >= 11 is 0. The van der Waals surface area contributed by atoms with Crippen LogP contribution in [0.25, 0.3) is 0 Å². The second-order valence-electron chi connectivity index (χ2n) is 3.25. The highest BCUT2D eigenvalue weighted by Gasteiger charge is 2.33. The normalized spacial score (nSPS) is 28.2. The molecule has 13 heavy (non-hydrogen) atoms. The molecule has 1 saturated carbocycles. The van der Waals surface area contributed by atoms with Crippen molar-refractivity contribution >= 4 is 17.9 Å². The first kappa shape index (κ1) is 9.84. The highest BCUT2D eigenvalue weighted by atomic mass is 16.2. The van der Waals surface area contributed by atoms with Gasteiger partial charge in [-0.3, -0.25) is 14.4 Å². The molecule has 2 atom stereocenters. The molecule has 0 bridgehead atoms. The Kier molecular flexibility index (Phi) is 3.12. The molecule has 0 radical (unpaired) electrons. The van der Waals surface area contributed by atoms with Crippen molar-refractivity contribution in [2.24, 2.45) is 11.8 Å². The van der Waals surface area contributed by atoms with Crippen LogP contribution in [0.5, 0.6) is 0 Å². The fourth-order valence-electron chi connectivity index (χ4n) is 1.68. The topological polar surface area (TPSA) is 51.2 Å². The van der Waals surface area contributed by atoms with Crippen LogP contribution in [-0.2, 0) is 14.4 Å². The number of carbonyl (C=O) groups is 3. The maximum absolute atomic E-state index is 11.5. The van der Waals surface area contributed by atoms with Crippen molar-refractivity contribution in [1.29, 1.82) is 0 Å². The number of ketones is 2. The van der Waals surface area contributed by atoms with Gasteiger partial charge in [0.2, 0.25) is 5.78 Å². The van der Waals surface area contributed by atoms with E-state index in [1.54, 1.807) is 6.08 Å². The Balaban J connectivity index is 2.75. The molecule has 1 aliphatic carbocycles. The highest BCUT2D eigenvalue weighted by Crippen LogP contribution is 2.26. The smallest absolute Gasteiger partial charge is 0.205 e. The lowest BCUT2D eigenvalue weighted by Crippen LogP contribution is -2.33. The average molecular weight is 180 g/mol. The van der Waals surface area contributed by atoms with Crippen molar-refractivity contribution in [1.82, 2.24) is 0 Å². The SMILES string of the molecule is C=CC1CCCC(C(=O)C=O)C1=O. The monoisotopic (exact) mass is 180 g/mol. The summed E-state index contributed by atoms with van der Waals surface area (Å²) in [6.45, 7) is 3.53. The zero-order chi connectivity index (χ0) is 9.84. The average Bonchev–Trinajstić information content (AvgIpc) is 2.17. The number of rotatable bonds is 3. The first-order chi connectivity index (χ1) is 6.20. The standard InChI is InChI=1S/C10H12O3/c1-2-7-4-3-5-8(10(7)13)9(12)6-11/h2,6-8H,1,3-5H2. The first-order valence-corrected chi connectivity index (χ1v) is 4.36. The third kappa shape index (κ3) is 1.91. The molecule has 3 heteroatoms. The van der Waals surface area contributed by atoms with Crippen LogP contribution in [0.4, 0.5) is 0 Å². The number of allylic oxidation sites excluding steroid dienone is 1. The fourth-order valence-corrected chi connectivity index (χ4v) is 1.68. The molecule has 0 aromatic carbocycles. The van der Waals surface area contributed by atoms with Gasteiger partial charge in [-0.2, -0.15) is 0 Å². The number of hydrogen-bond acceptors (Lipinski definition) is 3. The third-order valence-electron chi connectivity index (χ3n) is 2.46. The van der Waals surface area contributed by atoms with Gasteiger partial charge < -0.3 is 0 Å². The van der Waals surface area contributed by atoms with E-state index in [9.17, 15) is 14.4 Å². The van der Waals surface area contributed by atoms with Crippen molar-refractivity contribution in [2.45, 2.75) is 19.3 Å². The summed E-state index contributed by atoms with van der Waals surface area (Å²) in [7, 11) is 0. The van der Waals surface area contributed by atoms with Crippen LogP contribution in [0.15, 0.2) is 12.7 Å². The summed E-state index contributed by atoms with van der Waals surface area (Å²) in [5, 5.41) is 0. The van der Waals surface area contributed by atoms with Crippen LogP contribution in [0.1, 0.15) is 19.3 Å². The van der Waals surface area contributed by atoms with E-state index in [1.807, 2.05) is 0 Å². The molecule has 0 N–H and O–H groups in total. The molecule has 2 unspecified atom stereocenters. The Morgan fingerprint density at radius 3 is 2.69 bits per heavy atom. The zero-order valence-corrected chi connectivity index (χ0v) is 7.36. The minimum atomic E-state index is -0.700. The Bertz CT molecular complexity index is 255. The molecule has 70 valence electrons. The summed E-state index contributed by atoms with van der Waals surface area (Å²) < 4.78 is 0. The van der Waals surface area contributed by atoms with E-state index in [2.05, 4.69) is 6.58 Å². The molecule has 0 amide bonds. The Morgan fingerprint density at radius 1 is 1.46 bits per heavy atom. The molecule has 0 aromatic heterocycles. The molecule has 1 fully saturated rings. The predicted octanol–water partition coefficient (Wildman–Crippen LogP) is 0.926. The second kappa shape index (κ2) is 4.12.